The molecule has 0 atom stereocenters. The number of rotatable bonds is 3. The van der Waals surface area contributed by atoms with Crippen LogP contribution in [-0.2, 0) is 4.79 Å². The van der Waals surface area contributed by atoms with Gasteiger partial charge in [-0.2, -0.15) is 0 Å². The van der Waals surface area contributed by atoms with Gasteiger partial charge in [-0.3, -0.25) is 9.69 Å². The van der Waals surface area contributed by atoms with Crippen LogP contribution in [0.5, 0.6) is 0 Å². The van der Waals surface area contributed by atoms with Crippen molar-refractivity contribution in [2.75, 3.05) is 25.0 Å². The minimum Gasteiger partial charge on any atom is -0.325 e. The molecule has 1 heterocycles. The van der Waals surface area contributed by atoms with Crippen LogP contribution in [0.1, 0.15) is 12.8 Å². The quantitative estimate of drug-likeness (QED) is 0.929. The van der Waals surface area contributed by atoms with E-state index in [1.165, 1.54) is 12.8 Å². The zero-order valence-corrected chi connectivity index (χ0v) is 11.9. The molecule has 2 rings (SSSR count). The van der Waals surface area contributed by atoms with Gasteiger partial charge in [-0.1, -0.05) is 15.9 Å². The fourth-order valence-corrected chi connectivity index (χ4v) is 2.14. The second-order valence-electron chi connectivity index (χ2n) is 4.04. The number of hydrogen-bond donors (Lipinski definition) is 1. The van der Waals surface area contributed by atoms with Gasteiger partial charge in [0, 0.05) is 10.2 Å². The highest BCUT2D eigenvalue weighted by Gasteiger charge is 2.14. The van der Waals surface area contributed by atoms with Crippen LogP contribution in [0.15, 0.2) is 28.7 Å². The van der Waals surface area contributed by atoms with Crippen molar-refractivity contribution < 1.29 is 4.79 Å². The molecular formula is C12H16BrClN2O. The Morgan fingerprint density at radius 1 is 1.24 bits per heavy atom. The minimum atomic E-state index is 0. The summed E-state index contributed by atoms with van der Waals surface area (Å²) in [5.41, 5.74) is 0.854. The fraction of sp³-hybridized carbons (Fsp3) is 0.417. The van der Waals surface area contributed by atoms with Crippen molar-refractivity contribution >= 4 is 39.9 Å². The van der Waals surface area contributed by atoms with E-state index < -0.39 is 0 Å². The van der Waals surface area contributed by atoms with Crippen molar-refractivity contribution in [1.82, 2.24) is 4.90 Å². The molecule has 0 bridgehead atoms. The van der Waals surface area contributed by atoms with E-state index in [4.69, 9.17) is 0 Å². The molecule has 1 aliphatic rings. The van der Waals surface area contributed by atoms with Gasteiger partial charge in [0.2, 0.25) is 5.91 Å². The number of anilines is 1. The molecule has 1 N–H and O–H groups in total. The molecule has 1 aliphatic heterocycles. The molecular weight excluding hydrogens is 304 g/mol. The molecule has 94 valence electrons. The van der Waals surface area contributed by atoms with E-state index in [1.807, 2.05) is 24.3 Å². The van der Waals surface area contributed by atoms with Gasteiger partial charge in [0.05, 0.1) is 6.54 Å². The Bertz CT molecular complexity index is 363. The van der Waals surface area contributed by atoms with Gasteiger partial charge < -0.3 is 5.32 Å². The first-order valence-corrected chi connectivity index (χ1v) is 6.31. The number of carbonyl (C=O) groups excluding carboxylic acids is 1. The van der Waals surface area contributed by atoms with Gasteiger partial charge in [0.25, 0.3) is 0 Å². The van der Waals surface area contributed by atoms with Crippen LogP contribution in [0.25, 0.3) is 0 Å². The van der Waals surface area contributed by atoms with Crippen LogP contribution >= 0.6 is 28.3 Å². The van der Waals surface area contributed by atoms with Crippen molar-refractivity contribution in [3.8, 4) is 0 Å². The lowest BCUT2D eigenvalue weighted by molar-refractivity contribution is -0.117. The van der Waals surface area contributed by atoms with E-state index >= 15 is 0 Å². The summed E-state index contributed by atoms with van der Waals surface area (Å²) < 4.78 is 1.02. The van der Waals surface area contributed by atoms with Crippen molar-refractivity contribution in [2.24, 2.45) is 0 Å². The second kappa shape index (κ2) is 6.99. The predicted octanol–water partition coefficient (Wildman–Crippen LogP) is 2.91. The lowest BCUT2D eigenvalue weighted by Gasteiger charge is -2.13. The van der Waals surface area contributed by atoms with E-state index in [9.17, 15) is 4.79 Å². The second-order valence-corrected chi connectivity index (χ2v) is 4.95. The zero-order valence-electron chi connectivity index (χ0n) is 9.49. The third-order valence-electron chi connectivity index (χ3n) is 2.69. The standard InChI is InChI=1S/C12H15BrN2O.ClH/c13-10-3-5-11(6-4-10)14-12(16)9-15-7-1-2-8-15;/h3-6H,1-2,7-9H2,(H,14,16);1H. The molecule has 3 nitrogen and oxygen atoms in total. The normalized spacial score (nSPS) is 15.4. The Morgan fingerprint density at radius 2 is 1.82 bits per heavy atom. The van der Waals surface area contributed by atoms with Crippen LogP contribution in [0, 0.1) is 0 Å². The predicted molar refractivity (Wildman–Crippen MR) is 75.7 cm³/mol. The van der Waals surface area contributed by atoms with Crippen LogP contribution in [-0.4, -0.2) is 30.4 Å². The third kappa shape index (κ3) is 4.66. The lowest BCUT2D eigenvalue weighted by atomic mass is 10.3. The zero-order chi connectivity index (χ0) is 11.4. The molecule has 1 aromatic rings. The number of nitrogens with zero attached hydrogens (tertiary/aromatic N) is 1. The Kier molecular flexibility index (Phi) is 5.95. The average Bonchev–Trinajstić information content (AvgIpc) is 2.74. The number of nitrogens with one attached hydrogen (secondary N) is 1. The van der Waals surface area contributed by atoms with Crippen molar-refractivity contribution in [3.05, 3.63) is 28.7 Å². The Hall–Kier alpha value is -0.580. The van der Waals surface area contributed by atoms with E-state index in [0.29, 0.717) is 6.54 Å². The largest absolute Gasteiger partial charge is 0.325 e. The summed E-state index contributed by atoms with van der Waals surface area (Å²) in [6, 6.07) is 7.63. The Morgan fingerprint density at radius 3 is 2.41 bits per heavy atom. The summed E-state index contributed by atoms with van der Waals surface area (Å²) in [4.78, 5) is 13.9. The first-order valence-electron chi connectivity index (χ1n) is 5.52. The van der Waals surface area contributed by atoms with E-state index in [-0.39, 0.29) is 18.3 Å². The average molecular weight is 320 g/mol. The summed E-state index contributed by atoms with van der Waals surface area (Å²) in [7, 11) is 0. The van der Waals surface area contributed by atoms with Crippen molar-refractivity contribution in [2.45, 2.75) is 12.8 Å². The summed E-state index contributed by atoms with van der Waals surface area (Å²) in [6.07, 6.45) is 2.43. The highest BCUT2D eigenvalue weighted by Crippen LogP contribution is 2.14. The SMILES string of the molecule is Cl.O=C(CN1CCCC1)Nc1ccc(Br)cc1. The Labute approximate surface area is 116 Å². The molecule has 1 saturated heterocycles. The highest BCUT2D eigenvalue weighted by atomic mass is 79.9. The number of likely N-dealkylation sites (tertiary alicyclic amines) is 1. The van der Waals surface area contributed by atoms with Gasteiger partial charge >= 0.3 is 0 Å². The van der Waals surface area contributed by atoms with E-state index in [1.54, 1.807) is 0 Å². The molecule has 0 unspecified atom stereocenters. The summed E-state index contributed by atoms with van der Waals surface area (Å²) in [6.45, 7) is 2.61. The van der Waals surface area contributed by atoms with E-state index in [0.717, 1.165) is 23.2 Å². The first-order chi connectivity index (χ1) is 7.74. The van der Waals surface area contributed by atoms with Crippen LogP contribution < -0.4 is 5.32 Å². The smallest absolute Gasteiger partial charge is 0.238 e. The molecule has 1 amide bonds. The third-order valence-corrected chi connectivity index (χ3v) is 3.22. The van der Waals surface area contributed by atoms with Crippen LogP contribution in [0.2, 0.25) is 0 Å². The molecule has 0 aromatic heterocycles. The summed E-state index contributed by atoms with van der Waals surface area (Å²) in [5, 5.41) is 2.89. The van der Waals surface area contributed by atoms with Gasteiger partial charge in [0.1, 0.15) is 0 Å². The van der Waals surface area contributed by atoms with Gasteiger partial charge in [-0.25, -0.2) is 0 Å². The topological polar surface area (TPSA) is 32.3 Å². The molecule has 0 saturated carbocycles. The van der Waals surface area contributed by atoms with Gasteiger partial charge in [-0.05, 0) is 50.2 Å². The monoisotopic (exact) mass is 318 g/mol. The number of halogens is 2. The number of amides is 1. The lowest BCUT2D eigenvalue weighted by Crippen LogP contribution is -2.30. The number of benzene rings is 1. The maximum Gasteiger partial charge on any atom is 0.238 e. The summed E-state index contributed by atoms with van der Waals surface area (Å²) in [5.74, 6) is 0.0734. The Balaban J connectivity index is 0.00000144. The number of hydrogen-bond acceptors (Lipinski definition) is 2. The molecule has 17 heavy (non-hydrogen) atoms. The first kappa shape index (κ1) is 14.5. The number of carbonyl (C=O) groups is 1. The maximum atomic E-state index is 11.7. The molecule has 1 aromatic carbocycles. The fourth-order valence-electron chi connectivity index (χ4n) is 1.88. The molecule has 1 fully saturated rings. The molecule has 0 aliphatic carbocycles. The van der Waals surface area contributed by atoms with E-state index in [2.05, 4.69) is 26.1 Å². The molecule has 5 heteroatoms. The minimum absolute atomic E-state index is 0. The van der Waals surface area contributed by atoms with Gasteiger partial charge in [-0.15, -0.1) is 12.4 Å². The van der Waals surface area contributed by atoms with Crippen molar-refractivity contribution in [1.29, 1.82) is 0 Å². The van der Waals surface area contributed by atoms with Crippen LogP contribution in [0.4, 0.5) is 5.69 Å². The van der Waals surface area contributed by atoms with Gasteiger partial charge in [0.15, 0.2) is 0 Å². The maximum absolute atomic E-state index is 11.7. The highest BCUT2D eigenvalue weighted by molar-refractivity contribution is 9.10. The molecule has 0 radical (unpaired) electrons. The van der Waals surface area contributed by atoms with Crippen LogP contribution in [0.3, 0.4) is 0 Å². The van der Waals surface area contributed by atoms with Crippen molar-refractivity contribution in [3.63, 3.8) is 0 Å². The molecule has 0 spiro atoms. The summed E-state index contributed by atoms with van der Waals surface area (Å²) >= 11 is 3.36.